The first-order valence-corrected chi connectivity index (χ1v) is 13.0. The van der Waals surface area contributed by atoms with Crippen molar-refractivity contribution in [2.75, 3.05) is 0 Å². The van der Waals surface area contributed by atoms with Crippen LogP contribution >= 0.6 is 0 Å². The number of halogens is 1. The number of rotatable bonds is 6. The number of aromatic amines is 1. The molecule has 6 rings (SSSR count). The van der Waals surface area contributed by atoms with E-state index in [1.807, 2.05) is 42.5 Å². The lowest BCUT2D eigenvalue weighted by Crippen LogP contribution is -2.46. The van der Waals surface area contributed by atoms with Crippen LogP contribution < -0.4 is 5.32 Å². The van der Waals surface area contributed by atoms with Gasteiger partial charge in [-0.05, 0) is 54.8 Å². The van der Waals surface area contributed by atoms with E-state index < -0.39 is 12.1 Å². The van der Waals surface area contributed by atoms with Crippen LogP contribution in [0.2, 0.25) is 0 Å². The minimum Gasteiger partial charge on any atom is -0.354 e. The summed E-state index contributed by atoms with van der Waals surface area (Å²) in [7, 11) is 0. The fraction of sp³-hybridized carbons (Fsp3) is 0.152. The minimum atomic E-state index is -0.755. The highest BCUT2D eigenvalue weighted by Gasteiger charge is 2.44. The Kier molecular flexibility index (Phi) is 6.23. The third-order valence-electron chi connectivity index (χ3n) is 7.54. The molecule has 0 spiro atoms. The molecule has 0 radical (unpaired) electrons. The molecule has 1 aromatic heterocycles. The zero-order valence-corrected chi connectivity index (χ0v) is 21.7. The number of nitrogens with zero attached hydrogens (tertiary/aromatic N) is 1. The molecule has 0 fully saturated rings. The predicted molar refractivity (Wildman–Crippen MR) is 151 cm³/mol. The SMILES string of the molecule is Cc1ccc(-c2[nH]c3ccccc3c2C2c3ccccc3C(=O)N2C(C)C(=O)NCc2ccc(F)cc2)cc1. The Labute approximate surface area is 226 Å². The standard InChI is InChI=1S/C33H28FN3O2/c1-20-11-15-23(16-12-20)30-29(27-9-5-6-10-28(27)36-30)31-25-7-3-4-8-26(25)33(39)37(31)21(2)32(38)35-19-22-13-17-24(34)18-14-22/h3-18,21,31,36H,19H2,1-2H3,(H,35,38). The maximum absolute atomic E-state index is 13.9. The van der Waals surface area contributed by atoms with Crippen molar-refractivity contribution in [1.82, 2.24) is 15.2 Å². The first-order valence-electron chi connectivity index (χ1n) is 13.0. The second kappa shape index (κ2) is 9.87. The van der Waals surface area contributed by atoms with Crippen LogP contribution in [0, 0.1) is 12.7 Å². The van der Waals surface area contributed by atoms with E-state index in [2.05, 4.69) is 47.6 Å². The Morgan fingerprint density at radius 2 is 1.64 bits per heavy atom. The van der Waals surface area contributed by atoms with Crippen LogP contribution in [0.5, 0.6) is 0 Å². The van der Waals surface area contributed by atoms with Crippen molar-refractivity contribution in [3.63, 3.8) is 0 Å². The average Bonchev–Trinajstić information content (AvgIpc) is 3.47. The van der Waals surface area contributed by atoms with Gasteiger partial charge in [0.1, 0.15) is 11.9 Å². The van der Waals surface area contributed by atoms with Crippen molar-refractivity contribution in [3.05, 3.63) is 131 Å². The summed E-state index contributed by atoms with van der Waals surface area (Å²) in [5, 5.41) is 3.94. The first-order chi connectivity index (χ1) is 18.9. The van der Waals surface area contributed by atoms with Crippen molar-refractivity contribution >= 4 is 22.7 Å². The van der Waals surface area contributed by atoms with Crippen LogP contribution in [0.1, 0.15) is 45.6 Å². The van der Waals surface area contributed by atoms with Gasteiger partial charge in [-0.15, -0.1) is 0 Å². The van der Waals surface area contributed by atoms with E-state index >= 15 is 0 Å². The van der Waals surface area contributed by atoms with Crippen LogP contribution in [0.25, 0.3) is 22.2 Å². The molecule has 0 saturated heterocycles. The number of fused-ring (bicyclic) bond motifs is 2. The van der Waals surface area contributed by atoms with Gasteiger partial charge in [-0.1, -0.05) is 78.4 Å². The van der Waals surface area contributed by atoms with Gasteiger partial charge in [0.15, 0.2) is 0 Å². The van der Waals surface area contributed by atoms with Gasteiger partial charge in [-0.3, -0.25) is 9.59 Å². The lowest BCUT2D eigenvalue weighted by Gasteiger charge is -2.31. The van der Waals surface area contributed by atoms with Gasteiger partial charge in [0.25, 0.3) is 5.91 Å². The van der Waals surface area contributed by atoms with E-state index in [4.69, 9.17) is 0 Å². The predicted octanol–water partition coefficient (Wildman–Crippen LogP) is 6.53. The first kappa shape index (κ1) is 24.6. The summed E-state index contributed by atoms with van der Waals surface area (Å²) in [5.74, 6) is -0.785. The maximum atomic E-state index is 13.9. The Morgan fingerprint density at radius 3 is 2.41 bits per heavy atom. The Balaban J connectivity index is 1.44. The van der Waals surface area contributed by atoms with Gasteiger partial charge >= 0.3 is 0 Å². The lowest BCUT2D eigenvalue weighted by atomic mass is 9.92. The molecule has 39 heavy (non-hydrogen) atoms. The molecule has 2 amide bonds. The summed E-state index contributed by atoms with van der Waals surface area (Å²) in [6, 6.07) is 28.7. The topological polar surface area (TPSA) is 65.2 Å². The molecule has 5 nitrogen and oxygen atoms in total. The highest BCUT2D eigenvalue weighted by molar-refractivity contribution is 6.04. The van der Waals surface area contributed by atoms with Gasteiger partial charge in [0, 0.05) is 28.6 Å². The molecule has 2 heterocycles. The van der Waals surface area contributed by atoms with E-state index in [0.29, 0.717) is 5.56 Å². The number of benzene rings is 4. The van der Waals surface area contributed by atoms with Crippen LogP contribution in [-0.4, -0.2) is 27.7 Å². The second-order valence-corrected chi connectivity index (χ2v) is 10.0. The molecule has 0 bridgehead atoms. The second-order valence-electron chi connectivity index (χ2n) is 10.0. The average molecular weight is 518 g/mol. The van der Waals surface area contributed by atoms with Crippen LogP contribution in [-0.2, 0) is 11.3 Å². The zero-order valence-electron chi connectivity index (χ0n) is 21.7. The number of para-hydroxylation sites is 1. The van der Waals surface area contributed by atoms with Gasteiger partial charge in [-0.25, -0.2) is 4.39 Å². The molecule has 5 aromatic rings. The van der Waals surface area contributed by atoms with Crippen LogP contribution in [0.15, 0.2) is 97.1 Å². The molecule has 0 saturated carbocycles. The van der Waals surface area contributed by atoms with Crippen molar-refractivity contribution in [3.8, 4) is 11.3 Å². The molecule has 0 aliphatic carbocycles. The molecule has 2 unspecified atom stereocenters. The van der Waals surface area contributed by atoms with Crippen molar-refractivity contribution in [2.45, 2.75) is 32.5 Å². The number of aryl methyl sites for hydroxylation is 1. The van der Waals surface area contributed by atoms with Crippen molar-refractivity contribution < 1.29 is 14.0 Å². The highest BCUT2D eigenvalue weighted by atomic mass is 19.1. The number of amides is 2. The Morgan fingerprint density at radius 1 is 0.949 bits per heavy atom. The normalized spacial score (nSPS) is 15.4. The molecular weight excluding hydrogens is 489 g/mol. The maximum Gasteiger partial charge on any atom is 0.255 e. The number of carbonyl (C=O) groups is 2. The number of hydrogen-bond donors (Lipinski definition) is 2. The van der Waals surface area contributed by atoms with Crippen LogP contribution in [0.4, 0.5) is 4.39 Å². The molecule has 1 aliphatic heterocycles. The van der Waals surface area contributed by atoms with Gasteiger partial charge in [0.2, 0.25) is 5.91 Å². The van der Waals surface area contributed by atoms with E-state index in [0.717, 1.165) is 44.4 Å². The van der Waals surface area contributed by atoms with E-state index in [-0.39, 0.29) is 24.2 Å². The largest absolute Gasteiger partial charge is 0.354 e. The fourth-order valence-corrected chi connectivity index (χ4v) is 5.49. The minimum absolute atomic E-state index is 0.180. The fourth-order valence-electron chi connectivity index (χ4n) is 5.49. The number of H-pyrrole nitrogens is 1. The summed E-state index contributed by atoms with van der Waals surface area (Å²) in [5.41, 5.74) is 7.28. The summed E-state index contributed by atoms with van der Waals surface area (Å²) >= 11 is 0. The van der Waals surface area contributed by atoms with E-state index in [9.17, 15) is 14.0 Å². The van der Waals surface area contributed by atoms with Crippen molar-refractivity contribution in [2.24, 2.45) is 0 Å². The number of hydrogen-bond acceptors (Lipinski definition) is 2. The quantitative estimate of drug-likeness (QED) is 0.269. The number of carbonyl (C=O) groups excluding carboxylic acids is 2. The molecule has 4 aromatic carbocycles. The van der Waals surface area contributed by atoms with E-state index in [1.54, 1.807) is 24.0 Å². The molecular formula is C33H28FN3O2. The summed E-state index contributed by atoms with van der Waals surface area (Å²) in [6.07, 6.45) is 0. The summed E-state index contributed by atoms with van der Waals surface area (Å²) in [6.45, 7) is 4.05. The van der Waals surface area contributed by atoms with Gasteiger partial charge in [0.05, 0.1) is 11.7 Å². The van der Waals surface area contributed by atoms with E-state index in [1.165, 1.54) is 12.1 Å². The monoisotopic (exact) mass is 517 g/mol. The Hall–Kier alpha value is -4.71. The Bertz CT molecular complexity index is 1690. The summed E-state index contributed by atoms with van der Waals surface area (Å²) < 4.78 is 13.3. The van der Waals surface area contributed by atoms with Gasteiger partial charge in [-0.2, -0.15) is 0 Å². The zero-order chi connectivity index (χ0) is 27.1. The smallest absolute Gasteiger partial charge is 0.255 e. The van der Waals surface area contributed by atoms with Crippen molar-refractivity contribution in [1.29, 1.82) is 0 Å². The third-order valence-corrected chi connectivity index (χ3v) is 7.54. The highest BCUT2D eigenvalue weighted by Crippen LogP contribution is 2.46. The van der Waals surface area contributed by atoms with Crippen LogP contribution in [0.3, 0.4) is 0 Å². The molecule has 2 atom stereocenters. The number of aromatic nitrogens is 1. The third kappa shape index (κ3) is 4.38. The molecule has 2 N–H and O–H groups in total. The summed E-state index contributed by atoms with van der Waals surface area (Å²) in [4.78, 5) is 32.6. The molecule has 194 valence electrons. The van der Waals surface area contributed by atoms with Gasteiger partial charge < -0.3 is 15.2 Å². The molecule has 6 heteroatoms. The molecule has 1 aliphatic rings. The lowest BCUT2D eigenvalue weighted by molar-refractivity contribution is -0.125. The number of nitrogens with one attached hydrogen (secondary N) is 2.